The molecule has 1 aliphatic carbocycles. The molecule has 0 amide bonds. The fourth-order valence-corrected chi connectivity index (χ4v) is 4.48. The maximum absolute atomic E-state index is 5.81. The molecule has 2 atom stereocenters. The lowest BCUT2D eigenvalue weighted by Gasteiger charge is -2.48. The Labute approximate surface area is 124 Å². The first-order valence-corrected chi connectivity index (χ1v) is 8.79. The molecule has 1 saturated carbocycles. The summed E-state index contributed by atoms with van der Waals surface area (Å²) in [6.07, 6.45) is 9.92. The van der Waals surface area contributed by atoms with Crippen molar-refractivity contribution in [1.29, 1.82) is 0 Å². The molecule has 3 aliphatic rings. The van der Waals surface area contributed by atoms with Crippen LogP contribution in [0.4, 0.5) is 0 Å². The predicted octanol–water partition coefficient (Wildman–Crippen LogP) is 2.80. The zero-order chi connectivity index (χ0) is 14.0. The Bertz CT molecular complexity index is 306. The van der Waals surface area contributed by atoms with Crippen LogP contribution in [0.5, 0.6) is 0 Å². The third-order valence-corrected chi connectivity index (χ3v) is 5.75. The van der Waals surface area contributed by atoms with Gasteiger partial charge in [-0.05, 0) is 38.0 Å². The van der Waals surface area contributed by atoms with E-state index in [0.29, 0.717) is 17.7 Å². The fraction of sp³-hybridized carbons (Fsp3) is 1.00. The monoisotopic (exact) mass is 280 g/mol. The molecule has 3 heteroatoms. The van der Waals surface area contributed by atoms with E-state index in [1.807, 2.05) is 0 Å². The molecule has 1 spiro atoms. The minimum Gasteiger partial charge on any atom is -0.378 e. The first kappa shape index (κ1) is 14.8. The SMILES string of the molecule is CC(C)C1CNC2(CCCC2)CN1CCC1CCCO1. The van der Waals surface area contributed by atoms with Crippen LogP contribution in [-0.4, -0.2) is 48.8 Å². The molecular formula is C17H32N2O. The Morgan fingerprint density at radius 3 is 2.70 bits per heavy atom. The van der Waals surface area contributed by atoms with Gasteiger partial charge in [-0.1, -0.05) is 26.7 Å². The van der Waals surface area contributed by atoms with E-state index in [9.17, 15) is 0 Å². The molecule has 0 aromatic rings. The smallest absolute Gasteiger partial charge is 0.0588 e. The Kier molecular flexibility index (Phi) is 4.68. The summed E-state index contributed by atoms with van der Waals surface area (Å²) in [5.41, 5.74) is 0.446. The summed E-state index contributed by atoms with van der Waals surface area (Å²) in [5.74, 6) is 0.741. The van der Waals surface area contributed by atoms with Crippen molar-refractivity contribution in [3.05, 3.63) is 0 Å². The van der Waals surface area contributed by atoms with Crippen LogP contribution >= 0.6 is 0 Å². The maximum atomic E-state index is 5.81. The minimum atomic E-state index is 0.446. The van der Waals surface area contributed by atoms with Crippen molar-refractivity contribution in [3.63, 3.8) is 0 Å². The number of ether oxygens (including phenoxy) is 1. The molecule has 1 N–H and O–H groups in total. The molecule has 2 saturated heterocycles. The number of hydrogen-bond donors (Lipinski definition) is 1. The van der Waals surface area contributed by atoms with Crippen molar-refractivity contribution < 1.29 is 4.74 Å². The Hall–Kier alpha value is -0.120. The first-order chi connectivity index (χ1) is 9.69. The lowest BCUT2D eigenvalue weighted by molar-refractivity contribution is 0.0352. The fourth-order valence-electron chi connectivity index (χ4n) is 4.48. The molecule has 0 aromatic heterocycles. The molecule has 0 bridgehead atoms. The van der Waals surface area contributed by atoms with Gasteiger partial charge in [0.1, 0.15) is 0 Å². The molecule has 0 aromatic carbocycles. The van der Waals surface area contributed by atoms with Gasteiger partial charge in [0.05, 0.1) is 6.10 Å². The van der Waals surface area contributed by atoms with Crippen molar-refractivity contribution in [2.24, 2.45) is 5.92 Å². The van der Waals surface area contributed by atoms with Crippen molar-refractivity contribution in [1.82, 2.24) is 10.2 Å². The molecule has 3 nitrogen and oxygen atoms in total. The average Bonchev–Trinajstić information content (AvgIpc) is 3.08. The molecule has 2 heterocycles. The first-order valence-electron chi connectivity index (χ1n) is 8.79. The third kappa shape index (κ3) is 3.20. The Balaban J connectivity index is 1.59. The molecule has 3 rings (SSSR count). The van der Waals surface area contributed by atoms with E-state index >= 15 is 0 Å². The quantitative estimate of drug-likeness (QED) is 0.857. The van der Waals surface area contributed by atoms with Crippen LogP contribution in [0.15, 0.2) is 0 Å². The summed E-state index contributed by atoms with van der Waals surface area (Å²) >= 11 is 0. The van der Waals surface area contributed by atoms with Crippen LogP contribution < -0.4 is 5.32 Å². The summed E-state index contributed by atoms with van der Waals surface area (Å²) in [7, 11) is 0. The highest BCUT2D eigenvalue weighted by molar-refractivity contribution is 5.01. The third-order valence-electron chi connectivity index (χ3n) is 5.75. The Morgan fingerprint density at radius 1 is 1.25 bits per heavy atom. The second kappa shape index (κ2) is 6.33. The number of piperazine rings is 1. The van der Waals surface area contributed by atoms with E-state index in [1.54, 1.807) is 0 Å². The van der Waals surface area contributed by atoms with Gasteiger partial charge in [-0.25, -0.2) is 0 Å². The highest BCUT2D eigenvalue weighted by atomic mass is 16.5. The molecule has 20 heavy (non-hydrogen) atoms. The highest BCUT2D eigenvalue weighted by Crippen LogP contribution is 2.34. The van der Waals surface area contributed by atoms with Gasteiger partial charge in [0.2, 0.25) is 0 Å². The topological polar surface area (TPSA) is 24.5 Å². The number of nitrogens with zero attached hydrogens (tertiary/aromatic N) is 1. The van der Waals surface area contributed by atoms with Crippen LogP contribution in [0.3, 0.4) is 0 Å². The zero-order valence-corrected chi connectivity index (χ0v) is 13.4. The van der Waals surface area contributed by atoms with Crippen LogP contribution in [0.2, 0.25) is 0 Å². The maximum Gasteiger partial charge on any atom is 0.0588 e. The van der Waals surface area contributed by atoms with Gasteiger partial charge in [-0.15, -0.1) is 0 Å². The van der Waals surface area contributed by atoms with Crippen LogP contribution in [0.25, 0.3) is 0 Å². The standard InChI is InChI=1S/C17H32N2O/c1-14(2)16-12-18-17(8-3-4-9-17)13-19(16)10-7-15-6-5-11-20-15/h14-16,18H,3-13H2,1-2H3. The minimum absolute atomic E-state index is 0.446. The van der Waals surface area contributed by atoms with E-state index in [1.165, 1.54) is 64.6 Å². The summed E-state index contributed by atoms with van der Waals surface area (Å²) in [4.78, 5) is 2.79. The second-order valence-corrected chi connectivity index (χ2v) is 7.57. The van der Waals surface area contributed by atoms with Gasteiger partial charge in [-0.3, -0.25) is 4.90 Å². The van der Waals surface area contributed by atoms with Gasteiger partial charge >= 0.3 is 0 Å². The van der Waals surface area contributed by atoms with Gasteiger partial charge < -0.3 is 10.1 Å². The van der Waals surface area contributed by atoms with E-state index in [4.69, 9.17) is 4.74 Å². The van der Waals surface area contributed by atoms with E-state index in [-0.39, 0.29) is 0 Å². The molecule has 3 fully saturated rings. The number of hydrogen-bond acceptors (Lipinski definition) is 3. The molecule has 2 unspecified atom stereocenters. The van der Waals surface area contributed by atoms with Crippen molar-refractivity contribution in [2.45, 2.75) is 76.5 Å². The molecule has 116 valence electrons. The highest BCUT2D eigenvalue weighted by Gasteiger charge is 2.41. The van der Waals surface area contributed by atoms with Crippen molar-refractivity contribution in [3.8, 4) is 0 Å². The second-order valence-electron chi connectivity index (χ2n) is 7.57. The average molecular weight is 280 g/mol. The largest absolute Gasteiger partial charge is 0.378 e. The van der Waals surface area contributed by atoms with Crippen molar-refractivity contribution in [2.75, 3.05) is 26.2 Å². The van der Waals surface area contributed by atoms with Gasteiger partial charge in [0, 0.05) is 37.8 Å². The normalized spacial score (nSPS) is 34.4. The van der Waals surface area contributed by atoms with Crippen molar-refractivity contribution >= 4 is 0 Å². The van der Waals surface area contributed by atoms with Crippen LogP contribution in [0.1, 0.15) is 58.8 Å². The lowest BCUT2D eigenvalue weighted by Crippen LogP contribution is -2.64. The summed E-state index contributed by atoms with van der Waals surface area (Å²) in [6.45, 7) is 9.42. The number of nitrogens with one attached hydrogen (secondary N) is 1. The molecule has 2 aliphatic heterocycles. The summed E-state index contributed by atoms with van der Waals surface area (Å²) < 4.78 is 5.81. The Morgan fingerprint density at radius 2 is 2.05 bits per heavy atom. The molecule has 0 radical (unpaired) electrons. The zero-order valence-electron chi connectivity index (χ0n) is 13.4. The van der Waals surface area contributed by atoms with Gasteiger partial charge in [0.15, 0.2) is 0 Å². The van der Waals surface area contributed by atoms with E-state index in [2.05, 4.69) is 24.1 Å². The van der Waals surface area contributed by atoms with Crippen LogP contribution in [-0.2, 0) is 4.74 Å². The van der Waals surface area contributed by atoms with Crippen LogP contribution in [0, 0.1) is 5.92 Å². The van der Waals surface area contributed by atoms with E-state index in [0.717, 1.165) is 12.5 Å². The van der Waals surface area contributed by atoms with Gasteiger partial charge in [-0.2, -0.15) is 0 Å². The summed E-state index contributed by atoms with van der Waals surface area (Å²) in [5, 5.41) is 3.91. The predicted molar refractivity (Wildman–Crippen MR) is 83.0 cm³/mol. The van der Waals surface area contributed by atoms with Gasteiger partial charge in [0.25, 0.3) is 0 Å². The molecular weight excluding hydrogens is 248 g/mol. The summed E-state index contributed by atoms with van der Waals surface area (Å²) in [6, 6.07) is 0.711. The van der Waals surface area contributed by atoms with E-state index < -0.39 is 0 Å². The number of rotatable bonds is 4. The lowest BCUT2D eigenvalue weighted by atomic mass is 9.89.